The first-order chi connectivity index (χ1) is 9.19. The minimum atomic E-state index is -8.04. The van der Waals surface area contributed by atoms with Crippen LogP contribution in [0.25, 0.3) is 0 Å². The van der Waals surface area contributed by atoms with Gasteiger partial charge in [-0.25, -0.2) is 8.78 Å². The van der Waals surface area contributed by atoms with Crippen LogP contribution in [0.15, 0.2) is 0 Å². The predicted octanol–water partition coefficient (Wildman–Crippen LogP) is 2.74. The van der Waals surface area contributed by atoms with E-state index in [9.17, 15) is 57.1 Å². The number of hydrogen-bond acceptors (Lipinski definition) is 2. The summed E-state index contributed by atoms with van der Waals surface area (Å²) in [6.45, 7) is 0. The van der Waals surface area contributed by atoms with Crippen LogP contribution in [-0.4, -0.2) is 52.9 Å². The normalized spacial score (nSPS) is 16.0. The second-order valence-corrected chi connectivity index (χ2v) is 3.79. The van der Waals surface area contributed by atoms with Crippen molar-refractivity contribution in [2.75, 3.05) is 0 Å². The molecule has 0 bridgehead atoms. The molecule has 0 aromatic rings. The van der Waals surface area contributed by atoms with Crippen molar-refractivity contribution in [3.05, 3.63) is 0 Å². The summed E-state index contributed by atoms with van der Waals surface area (Å²) in [5.74, 6) is -38.4. The molecule has 0 fully saturated rings. The van der Waals surface area contributed by atoms with Crippen LogP contribution >= 0.6 is 0 Å². The van der Waals surface area contributed by atoms with Gasteiger partial charge in [-0.2, -0.15) is 48.3 Å². The summed E-state index contributed by atoms with van der Waals surface area (Å²) >= 11 is 0. The molecule has 0 aliphatic rings. The van der Waals surface area contributed by atoms with E-state index in [0.29, 0.717) is 0 Å². The Morgan fingerprint density at radius 2 is 0.727 bits per heavy atom. The third kappa shape index (κ3) is 2.49. The van der Waals surface area contributed by atoms with Gasteiger partial charge < -0.3 is 10.0 Å². The molecular weight excluding hydrogens is 362 g/mol. The average molecular weight is 364 g/mol. The minimum Gasteiger partial charge on any atom is -0.423 e. The minimum absolute atomic E-state index is 4.76. The smallest absolute Gasteiger partial charge is 0.423 e. The van der Waals surface area contributed by atoms with Gasteiger partial charge in [0.05, 0.1) is 0 Å². The Labute approximate surface area is 111 Å². The molecule has 0 aromatic carbocycles. The molecule has 0 saturated carbocycles. The zero-order valence-electron chi connectivity index (χ0n) is 9.39. The van der Waals surface area contributed by atoms with Crippen LogP contribution in [0.1, 0.15) is 0 Å². The summed E-state index contributed by atoms with van der Waals surface area (Å²) in [7, 11) is -4.76. The van der Waals surface area contributed by atoms with Gasteiger partial charge >= 0.3 is 42.8 Å². The van der Waals surface area contributed by atoms with Crippen LogP contribution in [-0.2, 0) is 0 Å². The Bertz CT molecular complexity index is 413. The number of hydrogen-bond donors (Lipinski definition) is 2. The zero-order chi connectivity index (χ0) is 18.6. The molecule has 0 unspecified atom stereocenters. The van der Waals surface area contributed by atoms with Crippen LogP contribution in [0.5, 0.6) is 0 Å². The second-order valence-electron chi connectivity index (χ2n) is 3.79. The number of halogens is 13. The molecule has 0 aliphatic carbocycles. The van der Waals surface area contributed by atoms with Crippen LogP contribution in [0.4, 0.5) is 57.1 Å². The molecular formula is C6H2BF13O2. The summed E-state index contributed by atoms with van der Waals surface area (Å²) in [4.78, 5) is 0. The van der Waals surface area contributed by atoms with E-state index in [1.807, 2.05) is 0 Å². The molecule has 2 nitrogen and oxygen atoms in total. The fraction of sp³-hybridized carbons (Fsp3) is 1.00. The van der Waals surface area contributed by atoms with E-state index >= 15 is 0 Å². The van der Waals surface area contributed by atoms with Gasteiger partial charge in [-0.15, -0.1) is 0 Å². The molecule has 0 saturated heterocycles. The SMILES string of the molecule is OB(O)C(F)(F)C(F)(F)C(F)(F)C(F)(F)C(F)(F)C(F)(F)F. The van der Waals surface area contributed by atoms with E-state index < -0.39 is 42.8 Å². The van der Waals surface area contributed by atoms with Gasteiger partial charge in [0.15, 0.2) is 0 Å². The van der Waals surface area contributed by atoms with Crippen molar-refractivity contribution in [3.8, 4) is 0 Å². The number of alkyl halides is 13. The lowest BCUT2D eigenvalue weighted by atomic mass is 9.73. The Morgan fingerprint density at radius 1 is 0.455 bits per heavy atom. The van der Waals surface area contributed by atoms with E-state index in [1.54, 1.807) is 0 Å². The molecule has 0 atom stereocenters. The van der Waals surface area contributed by atoms with Crippen molar-refractivity contribution in [2.24, 2.45) is 0 Å². The van der Waals surface area contributed by atoms with Gasteiger partial charge in [-0.05, 0) is 0 Å². The maximum atomic E-state index is 12.7. The highest BCUT2D eigenvalue weighted by Crippen LogP contribution is 2.60. The van der Waals surface area contributed by atoms with Gasteiger partial charge in [0, 0.05) is 0 Å². The Kier molecular flexibility index (Phi) is 4.83. The largest absolute Gasteiger partial charge is 0.536 e. The van der Waals surface area contributed by atoms with Gasteiger partial charge in [-0.1, -0.05) is 0 Å². The first-order valence-electron chi connectivity index (χ1n) is 4.51. The molecule has 2 N–H and O–H groups in total. The highest BCUT2D eigenvalue weighted by atomic mass is 19.4. The van der Waals surface area contributed by atoms with Crippen LogP contribution < -0.4 is 0 Å². The highest BCUT2D eigenvalue weighted by Gasteiger charge is 2.91. The summed E-state index contributed by atoms with van der Waals surface area (Å²) in [5, 5.41) is 15.5. The molecule has 0 spiro atoms. The fourth-order valence-electron chi connectivity index (χ4n) is 0.944. The summed E-state index contributed by atoms with van der Waals surface area (Å²) in [6, 6.07) is 0. The molecule has 0 radical (unpaired) electrons. The lowest BCUT2D eigenvalue weighted by molar-refractivity contribution is -0.435. The van der Waals surface area contributed by atoms with Gasteiger partial charge in [0.2, 0.25) is 0 Å². The van der Waals surface area contributed by atoms with Crippen molar-refractivity contribution >= 4 is 7.12 Å². The maximum Gasteiger partial charge on any atom is 0.536 e. The lowest BCUT2D eigenvalue weighted by Crippen LogP contribution is -2.72. The van der Waals surface area contributed by atoms with E-state index in [2.05, 4.69) is 0 Å². The number of rotatable bonds is 5. The topological polar surface area (TPSA) is 40.5 Å². The Balaban J connectivity index is 6.24. The van der Waals surface area contributed by atoms with Crippen molar-refractivity contribution in [3.63, 3.8) is 0 Å². The monoisotopic (exact) mass is 364 g/mol. The molecule has 0 rings (SSSR count). The third-order valence-corrected chi connectivity index (χ3v) is 2.28. The summed E-state index contributed by atoms with van der Waals surface area (Å²) in [6.07, 6.45) is -7.50. The van der Waals surface area contributed by atoms with Crippen LogP contribution in [0.3, 0.4) is 0 Å². The molecule has 0 aliphatic heterocycles. The summed E-state index contributed by atoms with van der Waals surface area (Å²) < 4.78 is 160. The van der Waals surface area contributed by atoms with Crippen molar-refractivity contribution in [2.45, 2.75) is 35.7 Å². The van der Waals surface area contributed by atoms with Gasteiger partial charge in [0.25, 0.3) is 0 Å². The predicted molar refractivity (Wildman–Crippen MR) is 41.0 cm³/mol. The highest BCUT2D eigenvalue weighted by molar-refractivity contribution is 6.44. The first kappa shape index (κ1) is 21.1. The van der Waals surface area contributed by atoms with Crippen molar-refractivity contribution < 1.29 is 67.1 Å². The van der Waals surface area contributed by atoms with E-state index in [1.165, 1.54) is 0 Å². The molecule has 0 amide bonds. The van der Waals surface area contributed by atoms with Crippen molar-refractivity contribution in [1.82, 2.24) is 0 Å². The lowest BCUT2D eigenvalue weighted by Gasteiger charge is -2.39. The molecule has 22 heavy (non-hydrogen) atoms. The third-order valence-electron chi connectivity index (χ3n) is 2.28. The summed E-state index contributed by atoms with van der Waals surface area (Å²) in [5.41, 5.74) is 0. The van der Waals surface area contributed by atoms with Gasteiger partial charge in [0.1, 0.15) is 0 Å². The zero-order valence-corrected chi connectivity index (χ0v) is 9.39. The van der Waals surface area contributed by atoms with Crippen molar-refractivity contribution in [1.29, 1.82) is 0 Å². The Morgan fingerprint density at radius 3 is 0.955 bits per heavy atom. The maximum absolute atomic E-state index is 12.7. The molecule has 0 aromatic heterocycles. The first-order valence-corrected chi connectivity index (χ1v) is 4.51. The quantitative estimate of drug-likeness (QED) is 0.582. The van der Waals surface area contributed by atoms with Crippen LogP contribution in [0.2, 0.25) is 0 Å². The molecule has 0 heterocycles. The molecule has 16 heteroatoms. The standard InChI is InChI=1S/C6H2BF13O2/c8-1(9,3(12,13)5(16,17)7(21)22)2(10,11)4(14,15)6(18,19)20/h21-22H. The average Bonchev–Trinajstić information content (AvgIpc) is 2.25. The van der Waals surface area contributed by atoms with E-state index in [4.69, 9.17) is 10.0 Å². The molecule has 132 valence electrons. The van der Waals surface area contributed by atoms with E-state index in [-0.39, 0.29) is 0 Å². The van der Waals surface area contributed by atoms with Gasteiger partial charge in [-0.3, -0.25) is 0 Å². The fourth-order valence-corrected chi connectivity index (χ4v) is 0.944. The second kappa shape index (κ2) is 5.04. The van der Waals surface area contributed by atoms with E-state index in [0.717, 1.165) is 0 Å². The van der Waals surface area contributed by atoms with Crippen LogP contribution in [0, 0.1) is 0 Å². The Hall–Kier alpha value is -0.925.